The maximum Gasteiger partial charge on any atom is 0.150 e. The van der Waals surface area contributed by atoms with Crippen LogP contribution in [-0.4, -0.2) is 65.8 Å². The molecule has 2 rings (SSSR count). The third kappa shape index (κ3) is 3.40. The largest absolute Gasteiger partial charge is 0.376 e. The Morgan fingerprint density at radius 2 is 2.18 bits per heavy atom. The van der Waals surface area contributed by atoms with E-state index in [0.29, 0.717) is 20.0 Å². The molecule has 7 heteroatoms. The van der Waals surface area contributed by atoms with Crippen LogP contribution in [0.3, 0.4) is 0 Å². The van der Waals surface area contributed by atoms with Gasteiger partial charge in [-0.1, -0.05) is 0 Å². The summed E-state index contributed by atoms with van der Waals surface area (Å²) >= 11 is 0. The fourth-order valence-electron chi connectivity index (χ4n) is 2.07. The number of hydrogen-bond donors (Lipinski definition) is 0. The van der Waals surface area contributed by atoms with Gasteiger partial charge < -0.3 is 28.4 Å². The second kappa shape index (κ2) is 6.68. The Labute approximate surface area is 102 Å². The zero-order chi connectivity index (χ0) is 12.1. The summed E-state index contributed by atoms with van der Waals surface area (Å²) < 4.78 is 32.2. The SMILES string of the molecule is B[C@@H]1O[C@@H]2COCOC2[C@@H]1OCOCOCC. The molecule has 2 aliphatic heterocycles. The zero-order valence-electron chi connectivity index (χ0n) is 10.3. The molecule has 2 aliphatic rings. The fraction of sp³-hybridized carbons (Fsp3) is 1.00. The van der Waals surface area contributed by atoms with Crippen LogP contribution in [0, 0.1) is 0 Å². The highest BCUT2D eigenvalue weighted by Gasteiger charge is 2.45. The molecule has 0 radical (unpaired) electrons. The molecule has 0 N–H and O–H groups in total. The summed E-state index contributed by atoms with van der Waals surface area (Å²) in [5.41, 5.74) is 0. The zero-order valence-corrected chi connectivity index (χ0v) is 10.3. The Morgan fingerprint density at radius 3 is 3.00 bits per heavy atom. The molecule has 0 spiro atoms. The van der Waals surface area contributed by atoms with Gasteiger partial charge in [0.25, 0.3) is 0 Å². The Hall–Kier alpha value is -0.175. The second-order valence-electron chi connectivity index (χ2n) is 4.06. The molecule has 1 unspecified atom stereocenters. The van der Waals surface area contributed by atoms with Crippen LogP contribution in [0.2, 0.25) is 0 Å². The van der Waals surface area contributed by atoms with Crippen LogP contribution in [0.25, 0.3) is 0 Å². The highest BCUT2D eigenvalue weighted by Crippen LogP contribution is 2.27. The maximum atomic E-state index is 5.69. The molecule has 0 aromatic carbocycles. The minimum Gasteiger partial charge on any atom is -0.376 e. The van der Waals surface area contributed by atoms with E-state index in [1.165, 1.54) is 0 Å². The molecular formula is C10H19BO6. The molecule has 2 heterocycles. The molecule has 2 fully saturated rings. The van der Waals surface area contributed by atoms with Gasteiger partial charge >= 0.3 is 0 Å². The maximum absolute atomic E-state index is 5.69. The molecule has 6 nitrogen and oxygen atoms in total. The van der Waals surface area contributed by atoms with Gasteiger partial charge in [-0.3, -0.25) is 0 Å². The summed E-state index contributed by atoms with van der Waals surface area (Å²) in [6.45, 7) is 3.85. The molecule has 0 amide bonds. The third-order valence-corrected chi connectivity index (χ3v) is 2.88. The Balaban J connectivity index is 1.71. The molecule has 0 aromatic rings. The van der Waals surface area contributed by atoms with E-state index in [-0.39, 0.29) is 37.9 Å². The third-order valence-electron chi connectivity index (χ3n) is 2.88. The van der Waals surface area contributed by atoms with Crippen LogP contribution >= 0.6 is 0 Å². The van der Waals surface area contributed by atoms with Crippen molar-refractivity contribution < 1.29 is 28.4 Å². The summed E-state index contributed by atoms with van der Waals surface area (Å²) in [5, 5.41) is 0. The van der Waals surface area contributed by atoms with Crippen molar-refractivity contribution in [3.8, 4) is 0 Å². The van der Waals surface area contributed by atoms with E-state index in [1.807, 2.05) is 14.8 Å². The average molecular weight is 246 g/mol. The highest BCUT2D eigenvalue weighted by molar-refractivity contribution is 6.11. The summed E-state index contributed by atoms with van der Waals surface area (Å²) in [5.74, 6) is 0. The van der Waals surface area contributed by atoms with E-state index in [1.54, 1.807) is 0 Å². The Bertz CT molecular complexity index is 229. The van der Waals surface area contributed by atoms with Crippen molar-refractivity contribution in [2.45, 2.75) is 31.2 Å². The Morgan fingerprint density at radius 1 is 1.29 bits per heavy atom. The molecule has 0 saturated carbocycles. The quantitative estimate of drug-likeness (QED) is 0.343. The summed E-state index contributed by atoms with van der Waals surface area (Å²) in [6.07, 6.45) is -0.199. The van der Waals surface area contributed by atoms with Crippen LogP contribution in [0.5, 0.6) is 0 Å². The average Bonchev–Trinajstić information content (AvgIpc) is 2.65. The van der Waals surface area contributed by atoms with Crippen LogP contribution in [-0.2, 0) is 28.4 Å². The van der Waals surface area contributed by atoms with Gasteiger partial charge in [-0.05, 0) is 6.92 Å². The van der Waals surface area contributed by atoms with Gasteiger partial charge in [-0.15, -0.1) is 0 Å². The van der Waals surface area contributed by atoms with Gasteiger partial charge in [-0.25, -0.2) is 0 Å². The molecule has 4 atom stereocenters. The molecule has 2 saturated heterocycles. The van der Waals surface area contributed by atoms with Gasteiger partial charge in [0.1, 0.15) is 46.5 Å². The van der Waals surface area contributed by atoms with Crippen molar-refractivity contribution in [1.29, 1.82) is 0 Å². The van der Waals surface area contributed by atoms with E-state index in [2.05, 4.69) is 0 Å². The van der Waals surface area contributed by atoms with Gasteiger partial charge in [0.05, 0.1) is 12.6 Å². The van der Waals surface area contributed by atoms with Crippen molar-refractivity contribution in [1.82, 2.24) is 0 Å². The first kappa shape index (κ1) is 13.3. The lowest BCUT2D eigenvalue weighted by Gasteiger charge is -2.27. The van der Waals surface area contributed by atoms with E-state index < -0.39 is 0 Å². The molecule has 0 bridgehead atoms. The monoisotopic (exact) mass is 246 g/mol. The summed E-state index contributed by atoms with van der Waals surface area (Å²) in [6, 6.07) is -0.0117. The fourth-order valence-corrected chi connectivity index (χ4v) is 2.07. The molecule has 0 aromatic heterocycles. The number of ether oxygens (including phenoxy) is 6. The molecule has 0 aliphatic carbocycles. The first-order valence-electron chi connectivity index (χ1n) is 5.94. The van der Waals surface area contributed by atoms with Gasteiger partial charge in [0.2, 0.25) is 0 Å². The van der Waals surface area contributed by atoms with Gasteiger partial charge in [0, 0.05) is 6.61 Å². The standard InChI is InChI=1S/C10H19BO6/c1-2-12-4-14-6-16-9-8-7(17-10(9)11)3-13-5-15-8/h7-10H,2-6,11H2,1H3/t7-,8?,9+,10-/m1/s1. The normalized spacial score (nSPS) is 37.0. The van der Waals surface area contributed by atoms with Gasteiger partial charge in [0.15, 0.2) is 0 Å². The first-order valence-corrected chi connectivity index (χ1v) is 5.94. The molecule has 98 valence electrons. The lowest BCUT2D eigenvalue weighted by Crippen LogP contribution is -2.43. The first-order chi connectivity index (χ1) is 8.33. The summed E-state index contributed by atoms with van der Waals surface area (Å²) in [7, 11) is 1.97. The van der Waals surface area contributed by atoms with Crippen molar-refractivity contribution >= 4 is 7.85 Å². The van der Waals surface area contributed by atoms with E-state index in [9.17, 15) is 0 Å². The predicted octanol–water partition coefficient (Wildman–Crippen LogP) is -0.929. The topological polar surface area (TPSA) is 55.4 Å². The number of rotatable bonds is 6. The van der Waals surface area contributed by atoms with Crippen molar-refractivity contribution in [3.63, 3.8) is 0 Å². The predicted molar refractivity (Wildman–Crippen MR) is 60.2 cm³/mol. The summed E-state index contributed by atoms with van der Waals surface area (Å²) in [4.78, 5) is 0. The van der Waals surface area contributed by atoms with Crippen LogP contribution < -0.4 is 0 Å². The van der Waals surface area contributed by atoms with Crippen molar-refractivity contribution in [3.05, 3.63) is 0 Å². The van der Waals surface area contributed by atoms with Crippen LogP contribution in [0.15, 0.2) is 0 Å². The minimum atomic E-state index is -0.106. The van der Waals surface area contributed by atoms with Crippen molar-refractivity contribution in [2.75, 3.05) is 33.6 Å². The highest BCUT2D eigenvalue weighted by atomic mass is 16.8. The Kier molecular flexibility index (Phi) is 5.21. The van der Waals surface area contributed by atoms with Crippen LogP contribution in [0.1, 0.15) is 6.92 Å². The molecule has 17 heavy (non-hydrogen) atoms. The molecular weight excluding hydrogens is 227 g/mol. The van der Waals surface area contributed by atoms with E-state index in [4.69, 9.17) is 28.4 Å². The van der Waals surface area contributed by atoms with E-state index >= 15 is 0 Å². The van der Waals surface area contributed by atoms with Crippen molar-refractivity contribution in [2.24, 2.45) is 0 Å². The van der Waals surface area contributed by atoms with E-state index in [0.717, 1.165) is 0 Å². The number of fused-ring (bicyclic) bond motifs is 1. The second-order valence-corrected chi connectivity index (χ2v) is 4.06. The lowest BCUT2D eigenvalue weighted by atomic mass is 9.93. The smallest absolute Gasteiger partial charge is 0.150 e. The van der Waals surface area contributed by atoms with Crippen LogP contribution in [0.4, 0.5) is 0 Å². The number of hydrogen-bond acceptors (Lipinski definition) is 6. The van der Waals surface area contributed by atoms with Gasteiger partial charge in [-0.2, -0.15) is 0 Å². The minimum absolute atomic E-state index is 0.0117. The lowest BCUT2D eigenvalue weighted by molar-refractivity contribution is -0.208.